The first-order chi connectivity index (χ1) is 8.40. The van der Waals surface area contributed by atoms with E-state index in [1.807, 2.05) is 5.32 Å². The van der Waals surface area contributed by atoms with Gasteiger partial charge in [0.1, 0.15) is 5.75 Å². The Labute approximate surface area is 109 Å². The van der Waals surface area contributed by atoms with Gasteiger partial charge in [0, 0.05) is 16.6 Å². The second kappa shape index (κ2) is 6.23. The van der Waals surface area contributed by atoms with Crippen molar-refractivity contribution in [3.8, 4) is 5.75 Å². The minimum absolute atomic E-state index is 0.294. The zero-order valence-electron chi connectivity index (χ0n) is 9.77. The highest BCUT2D eigenvalue weighted by molar-refractivity contribution is 6.30. The minimum Gasteiger partial charge on any atom is -0.483 e. The van der Waals surface area contributed by atoms with E-state index in [2.05, 4.69) is 0 Å². The lowest BCUT2D eigenvalue weighted by Gasteiger charge is -2.13. The molecule has 1 aromatic rings. The standard InChI is InChI=1S/C11H14ClN3O3/c1-6(13)8-4-7(12)2-3-9(8)18-5-10(16)15-11(14)17/h2-4,6H,5,13H2,1H3,(H3,14,15,16,17)/t6-/m0/s1. The summed E-state index contributed by atoms with van der Waals surface area (Å²) >= 11 is 5.84. The van der Waals surface area contributed by atoms with Crippen LogP contribution in [-0.4, -0.2) is 18.5 Å². The van der Waals surface area contributed by atoms with Crippen LogP contribution in [0.3, 0.4) is 0 Å². The number of urea groups is 1. The lowest BCUT2D eigenvalue weighted by Crippen LogP contribution is -2.38. The van der Waals surface area contributed by atoms with Crippen LogP contribution in [0.1, 0.15) is 18.5 Å². The molecule has 98 valence electrons. The third kappa shape index (κ3) is 4.23. The predicted octanol–water partition coefficient (Wildman–Crippen LogP) is 0.933. The normalized spacial score (nSPS) is 11.7. The Balaban J connectivity index is 2.72. The summed E-state index contributed by atoms with van der Waals surface area (Å²) in [6.07, 6.45) is 0. The van der Waals surface area contributed by atoms with Crippen molar-refractivity contribution in [2.24, 2.45) is 11.5 Å². The van der Waals surface area contributed by atoms with E-state index < -0.39 is 11.9 Å². The highest BCUT2D eigenvalue weighted by atomic mass is 35.5. The number of ether oxygens (including phenoxy) is 1. The van der Waals surface area contributed by atoms with E-state index in [9.17, 15) is 9.59 Å². The van der Waals surface area contributed by atoms with Crippen molar-refractivity contribution in [2.45, 2.75) is 13.0 Å². The van der Waals surface area contributed by atoms with Gasteiger partial charge < -0.3 is 16.2 Å². The number of primary amides is 1. The summed E-state index contributed by atoms with van der Waals surface area (Å²) in [7, 11) is 0. The van der Waals surface area contributed by atoms with Crippen molar-refractivity contribution >= 4 is 23.5 Å². The van der Waals surface area contributed by atoms with E-state index in [1.54, 1.807) is 25.1 Å². The van der Waals surface area contributed by atoms with Crippen molar-refractivity contribution in [3.63, 3.8) is 0 Å². The van der Waals surface area contributed by atoms with Gasteiger partial charge in [-0.3, -0.25) is 10.1 Å². The molecule has 0 radical (unpaired) electrons. The quantitative estimate of drug-likeness (QED) is 0.757. The average Bonchev–Trinajstić information content (AvgIpc) is 2.26. The van der Waals surface area contributed by atoms with Crippen LogP contribution in [0, 0.1) is 0 Å². The Morgan fingerprint density at radius 1 is 1.50 bits per heavy atom. The molecule has 0 spiro atoms. The Morgan fingerprint density at radius 3 is 2.72 bits per heavy atom. The monoisotopic (exact) mass is 271 g/mol. The molecule has 7 heteroatoms. The fraction of sp³-hybridized carbons (Fsp3) is 0.273. The number of halogens is 1. The summed E-state index contributed by atoms with van der Waals surface area (Å²) in [5.74, 6) is -0.193. The van der Waals surface area contributed by atoms with E-state index >= 15 is 0 Å². The molecule has 0 aliphatic rings. The van der Waals surface area contributed by atoms with Crippen LogP contribution >= 0.6 is 11.6 Å². The number of nitrogens with two attached hydrogens (primary N) is 2. The van der Waals surface area contributed by atoms with Gasteiger partial charge in [0.05, 0.1) is 0 Å². The topological polar surface area (TPSA) is 107 Å². The lowest BCUT2D eigenvalue weighted by molar-refractivity contribution is -0.121. The average molecular weight is 272 g/mol. The van der Waals surface area contributed by atoms with Crippen LogP contribution in [-0.2, 0) is 4.79 Å². The predicted molar refractivity (Wildman–Crippen MR) is 67.3 cm³/mol. The van der Waals surface area contributed by atoms with Crippen molar-refractivity contribution in [2.75, 3.05) is 6.61 Å². The molecule has 18 heavy (non-hydrogen) atoms. The van der Waals surface area contributed by atoms with Gasteiger partial charge in [-0.2, -0.15) is 0 Å². The molecule has 1 atom stereocenters. The number of benzene rings is 1. The molecule has 0 saturated heterocycles. The van der Waals surface area contributed by atoms with Crippen LogP contribution in [0.4, 0.5) is 4.79 Å². The second-order valence-electron chi connectivity index (χ2n) is 3.67. The third-order valence-electron chi connectivity index (χ3n) is 2.08. The summed E-state index contributed by atoms with van der Waals surface area (Å²) in [6.45, 7) is 1.44. The summed E-state index contributed by atoms with van der Waals surface area (Å²) < 4.78 is 5.26. The van der Waals surface area contributed by atoms with Gasteiger partial charge in [0.2, 0.25) is 0 Å². The van der Waals surface area contributed by atoms with E-state index in [4.69, 9.17) is 27.8 Å². The zero-order valence-corrected chi connectivity index (χ0v) is 10.5. The molecule has 3 amide bonds. The molecule has 6 nitrogen and oxygen atoms in total. The molecule has 1 aromatic carbocycles. The second-order valence-corrected chi connectivity index (χ2v) is 4.11. The fourth-order valence-corrected chi connectivity index (χ4v) is 1.50. The van der Waals surface area contributed by atoms with Gasteiger partial charge in [-0.15, -0.1) is 0 Å². The Hall–Kier alpha value is -1.79. The number of carbonyl (C=O) groups is 2. The van der Waals surface area contributed by atoms with Crippen molar-refractivity contribution in [3.05, 3.63) is 28.8 Å². The molecule has 0 aliphatic carbocycles. The third-order valence-corrected chi connectivity index (χ3v) is 2.32. The first-order valence-electron chi connectivity index (χ1n) is 5.17. The molecule has 0 bridgehead atoms. The van der Waals surface area contributed by atoms with Gasteiger partial charge >= 0.3 is 6.03 Å². The van der Waals surface area contributed by atoms with Crippen LogP contribution in [0.5, 0.6) is 5.75 Å². The van der Waals surface area contributed by atoms with E-state index in [-0.39, 0.29) is 12.6 Å². The van der Waals surface area contributed by atoms with Gasteiger partial charge in [-0.05, 0) is 25.1 Å². The molecule has 0 aromatic heterocycles. The number of carbonyl (C=O) groups excluding carboxylic acids is 2. The molecule has 0 aliphatic heterocycles. The maximum absolute atomic E-state index is 11.2. The smallest absolute Gasteiger partial charge is 0.318 e. The molecule has 0 heterocycles. The number of amides is 3. The van der Waals surface area contributed by atoms with Crippen molar-refractivity contribution in [1.29, 1.82) is 0 Å². The minimum atomic E-state index is -0.924. The van der Waals surface area contributed by atoms with Gasteiger partial charge in [-0.25, -0.2) is 4.79 Å². The van der Waals surface area contributed by atoms with Crippen LogP contribution in [0.25, 0.3) is 0 Å². The number of hydrogen-bond acceptors (Lipinski definition) is 4. The fourth-order valence-electron chi connectivity index (χ4n) is 1.32. The van der Waals surface area contributed by atoms with Crippen LogP contribution in [0.15, 0.2) is 18.2 Å². The molecule has 0 saturated carbocycles. The highest BCUT2D eigenvalue weighted by Crippen LogP contribution is 2.27. The Morgan fingerprint density at radius 2 is 2.17 bits per heavy atom. The molecule has 5 N–H and O–H groups in total. The van der Waals surface area contributed by atoms with Gasteiger partial charge in [0.15, 0.2) is 6.61 Å². The van der Waals surface area contributed by atoms with Crippen molar-refractivity contribution < 1.29 is 14.3 Å². The largest absolute Gasteiger partial charge is 0.483 e. The van der Waals surface area contributed by atoms with E-state index in [0.29, 0.717) is 16.3 Å². The maximum atomic E-state index is 11.2. The van der Waals surface area contributed by atoms with Gasteiger partial charge in [0.25, 0.3) is 5.91 Å². The molecular weight excluding hydrogens is 258 g/mol. The van der Waals surface area contributed by atoms with Gasteiger partial charge in [-0.1, -0.05) is 11.6 Å². The number of rotatable bonds is 4. The zero-order chi connectivity index (χ0) is 13.7. The van der Waals surface area contributed by atoms with Crippen LogP contribution < -0.4 is 21.5 Å². The molecule has 0 fully saturated rings. The summed E-state index contributed by atoms with van der Waals surface area (Å²) in [4.78, 5) is 21.6. The number of imide groups is 1. The first kappa shape index (κ1) is 14.3. The number of nitrogens with one attached hydrogen (secondary N) is 1. The lowest BCUT2D eigenvalue weighted by atomic mass is 10.1. The Bertz CT molecular complexity index is 463. The SMILES string of the molecule is C[C@H](N)c1cc(Cl)ccc1OCC(=O)NC(N)=O. The summed E-state index contributed by atoms with van der Waals surface area (Å²) in [5, 5.41) is 2.41. The maximum Gasteiger partial charge on any atom is 0.318 e. The number of hydrogen-bond donors (Lipinski definition) is 3. The summed E-state index contributed by atoms with van der Waals surface area (Å²) in [6, 6.07) is 3.67. The van der Waals surface area contributed by atoms with E-state index in [1.165, 1.54) is 0 Å². The first-order valence-corrected chi connectivity index (χ1v) is 5.55. The molecular formula is C11H14ClN3O3. The van der Waals surface area contributed by atoms with Crippen LogP contribution in [0.2, 0.25) is 5.02 Å². The molecule has 1 rings (SSSR count). The highest BCUT2D eigenvalue weighted by Gasteiger charge is 2.11. The Kier molecular flexibility index (Phi) is 4.94. The summed E-state index contributed by atoms with van der Waals surface area (Å²) in [5.41, 5.74) is 11.2. The molecule has 0 unspecified atom stereocenters. The van der Waals surface area contributed by atoms with E-state index in [0.717, 1.165) is 0 Å². The van der Waals surface area contributed by atoms with Crippen molar-refractivity contribution in [1.82, 2.24) is 5.32 Å².